The Labute approximate surface area is 127 Å². The minimum absolute atomic E-state index is 0.544. The molecule has 1 N–H and O–H groups in total. The molecular weight excluding hydrogens is 258 g/mol. The van der Waals surface area contributed by atoms with E-state index in [2.05, 4.69) is 60.7 Å². The minimum atomic E-state index is 0.544. The maximum Gasteiger partial charge on any atom is 0.136 e. The summed E-state index contributed by atoms with van der Waals surface area (Å²) in [7, 11) is 4.13. The van der Waals surface area contributed by atoms with E-state index in [1.165, 1.54) is 29.7 Å². The van der Waals surface area contributed by atoms with Crippen LogP contribution >= 0.6 is 0 Å². The van der Waals surface area contributed by atoms with E-state index in [0.717, 1.165) is 18.9 Å². The van der Waals surface area contributed by atoms with Crippen LogP contribution in [0.4, 0.5) is 5.82 Å². The van der Waals surface area contributed by atoms with Gasteiger partial charge in [-0.2, -0.15) is 0 Å². The van der Waals surface area contributed by atoms with E-state index in [4.69, 9.17) is 4.98 Å². The molecule has 1 saturated heterocycles. The SMILES string of the molecule is CN(C)c1nc(C2CCCNC2)ccc1-c1ccccc1. The number of hydrogen-bond donors (Lipinski definition) is 1. The van der Waals surface area contributed by atoms with Gasteiger partial charge in [-0.25, -0.2) is 4.98 Å². The highest BCUT2D eigenvalue weighted by atomic mass is 15.1. The fourth-order valence-corrected chi connectivity index (χ4v) is 2.98. The summed E-state index contributed by atoms with van der Waals surface area (Å²) in [6, 6.07) is 14.9. The lowest BCUT2D eigenvalue weighted by Gasteiger charge is -2.24. The van der Waals surface area contributed by atoms with Crippen molar-refractivity contribution in [2.24, 2.45) is 0 Å². The predicted octanol–water partition coefficient (Wildman–Crippen LogP) is 3.28. The maximum atomic E-state index is 4.96. The van der Waals surface area contributed by atoms with Crippen LogP contribution in [0.25, 0.3) is 11.1 Å². The summed E-state index contributed by atoms with van der Waals surface area (Å²) in [5.41, 5.74) is 3.64. The summed E-state index contributed by atoms with van der Waals surface area (Å²) in [6.45, 7) is 2.18. The Morgan fingerprint density at radius 2 is 1.90 bits per heavy atom. The molecule has 1 fully saturated rings. The molecule has 1 aliphatic rings. The summed E-state index contributed by atoms with van der Waals surface area (Å²) in [4.78, 5) is 7.07. The van der Waals surface area contributed by atoms with Crippen molar-refractivity contribution >= 4 is 5.82 Å². The van der Waals surface area contributed by atoms with Crippen LogP contribution in [0.2, 0.25) is 0 Å². The molecule has 0 aliphatic carbocycles. The Bertz CT molecular complexity index is 587. The van der Waals surface area contributed by atoms with Crippen molar-refractivity contribution in [1.29, 1.82) is 0 Å². The first-order valence-corrected chi connectivity index (χ1v) is 7.70. The minimum Gasteiger partial charge on any atom is -0.362 e. The number of nitrogens with zero attached hydrogens (tertiary/aromatic N) is 2. The van der Waals surface area contributed by atoms with Crippen LogP contribution in [0.5, 0.6) is 0 Å². The molecule has 0 radical (unpaired) electrons. The van der Waals surface area contributed by atoms with Gasteiger partial charge in [-0.15, -0.1) is 0 Å². The largest absolute Gasteiger partial charge is 0.362 e. The molecule has 21 heavy (non-hydrogen) atoms. The standard InChI is InChI=1S/C18H23N3/c1-21(2)18-16(14-7-4-3-5-8-14)10-11-17(20-18)15-9-6-12-19-13-15/h3-5,7-8,10-11,15,19H,6,9,12-13H2,1-2H3. The van der Waals surface area contributed by atoms with Gasteiger partial charge >= 0.3 is 0 Å². The van der Waals surface area contributed by atoms with E-state index in [1.807, 2.05) is 6.07 Å². The van der Waals surface area contributed by atoms with Gasteiger partial charge in [0.25, 0.3) is 0 Å². The van der Waals surface area contributed by atoms with Gasteiger partial charge in [0.1, 0.15) is 5.82 Å². The number of nitrogens with one attached hydrogen (secondary N) is 1. The predicted molar refractivity (Wildman–Crippen MR) is 88.8 cm³/mol. The first kappa shape index (κ1) is 14.1. The van der Waals surface area contributed by atoms with E-state index in [1.54, 1.807) is 0 Å². The molecule has 1 aromatic heterocycles. The van der Waals surface area contributed by atoms with E-state index >= 15 is 0 Å². The third kappa shape index (κ3) is 3.08. The number of anilines is 1. The number of hydrogen-bond acceptors (Lipinski definition) is 3. The molecular formula is C18H23N3. The Morgan fingerprint density at radius 3 is 2.57 bits per heavy atom. The van der Waals surface area contributed by atoms with E-state index in [0.29, 0.717) is 5.92 Å². The van der Waals surface area contributed by atoms with Crippen molar-refractivity contribution in [3.05, 3.63) is 48.2 Å². The lowest BCUT2D eigenvalue weighted by atomic mass is 9.94. The fourth-order valence-electron chi connectivity index (χ4n) is 2.98. The zero-order valence-electron chi connectivity index (χ0n) is 12.8. The van der Waals surface area contributed by atoms with Crippen molar-refractivity contribution in [2.45, 2.75) is 18.8 Å². The van der Waals surface area contributed by atoms with Crippen LogP contribution in [0.3, 0.4) is 0 Å². The molecule has 0 saturated carbocycles. The smallest absolute Gasteiger partial charge is 0.136 e. The lowest BCUT2D eigenvalue weighted by molar-refractivity contribution is 0.455. The summed E-state index contributed by atoms with van der Waals surface area (Å²) < 4.78 is 0. The highest BCUT2D eigenvalue weighted by molar-refractivity contribution is 5.75. The lowest BCUT2D eigenvalue weighted by Crippen LogP contribution is -2.29. The zero-order valence-corrected chi connectivity index (χ0v) is 12.8. The normalized spacial score (nSPS) is 18.5. The fraction of sp³-hybridized carbons (Fsp3) is 0.389. The van der Waals surface area contributed by atoms with Gasteiger partial charge in [-0.05, 0) is 37.1 Å². The molecule has 1 aliphatic heterocycles. The van der Waals surface area contributed by atoms with Gasteiger partial charge in [0.05, 0.1) is 0 Å². The van der Waals surface area contributed by atoms with Crippen LogP contribution in [0, 0.1) is 0 Å². The molecule has 1 aromatic carbocycles. The molecule has 2 heterocycles. The summed E-state index contributed by atoms with van der Waals surface area (Å²) >= 11 is 0. The van der Waals surface area contributed by atoms with E-state index < -0.39 is 0 Å². The molecule has 3 heteroatoms. The summed E-state index contributed by atoms with van der Waals surface area (Å²) in [5, 5.41) is 3.47. The quantitative estimate of drug-likeness (QED) is 0.936. The molecule has 3 rings (SSSR count). The number of piperidine rings is 1. The van der Waals surface area contributed by atoms with Crippen LogP contribution in [0.1, 0.15) is 24.5 Å². The van der Waals surface area contributed by atoms with E-state index in [9.17, 15) is 0 Å². The van der Waals surface area contributed by atoms with Crippen molar-refractivity contribution in [3.8, 4) is 11.1 Å². The number of benzene rings is 1. The van der Waals surface area contributed by atoms with Crippen LogP contribution in [-0.2, 0) is 0 Å². The highest BCUT2D eigenvalue weighted by Gasteiger charge is 2.18. The zero-order chi connectivity index (χ0) is 14.7. The van der Waals surface area contributed by atoms with Crippen molar-refractivity contribution < 1.29 is 0 Å². The Balaban J connectivity index is 1.98. The molecule has 1 atom stereocenters. The monoisotopic (exact) mass is 281 g/mol. The average Bonchev–Trinajstić information content (AvgIpc) is 2.56. The summed E-state index contributed by atoms with van der Waals surface area (Å²) in [5.74, 6) is 1.60. The van der Waals surface area contributed by atoms with Gasteiger partial charge < -0.3 is 10.2 Å². The molecule has 2 aromatic rings. The molecule has 0 amide bonds. The Hall–Kier alpha value is -1.87. The maximum absolute atomic E-state index is 4.96. The highest BCUT2D eigenvalue weighted by Crippen LogP contribution is 2.31. The van der Waals surface area contributed by atoms with Crippen molar-refractivity contribution in [2.75, 3.05) is 32.1 Å². The summed E-state index contributed by atoms with van der Waals surface area (Å²) in [6.07, 6.45) is 2.47. The van der Waals surface area contributed by atoms with Gasteiger partial charge in [0.2, 0.25) is 0 Å². The van der Waals surface area contributed by atoms with Crippen LogP contribution in [0.15, 0.2) is 42.5 Å². The molecule has 3 nitrogen and oxygen atoms in total. The second-order valence-corrected chi connectivity index (χ2v) is 5.91. The third-order valence-electron chi connectivity index (χ3n) is 4.12. The van der Waals surface area contributed by atoms with Gasteiger partial charge in [-0.3, -0.25) is 0 Å². The van der Waals surface area contributed by atoms with Gasteiger partial charge in [0.15, 0.2) is 0 Å². The second-order valence-electron chi connectivity index (χ2n) is 5.91. The number of aromatic nitrogens is 1. The topological polar surface area (TPSA) is 28.2 Å². The first-order valence-electron chi connectivity index (χ1n) is 7.70. The molecule has 0 spiro atoms. The number of rotatable bonds is 3. The molecule has 0 bridgehead atoms. The van der Waals surface area contributed by atoms with Gasteiger partial charge in [-0.1, -0.05) is 30.3 Å². The Kier molecular flexibility index (Phi) is 4.20. The van der Waals surface area contributed by atoms with Crippen LogP contribution in [-0.4, -0.2) is 32.2 Å². The van der Waals surface area contributed by atoms with Crippen molar-refractivity contribution in [3.63, 3.8) is 0 Å². The van der Waals surface area contributed by atoms with Crippen molar-refractivity contribution in [1.82, 2.24) is 10.3 Å². The molecule has 110 valence electrons. The average molecular weight is 281 g/mol. The van der Waals surface area contributed by atoms with Crippen LogP contribution < -0.4 is 10.2 Å². The molecule has 1 unspecified atom stereocenters. The van der Waals surface area contributed by atoms with E-state index in [-0.39, 0.29) is 0 Å². The third-order valence-corrected chi connectivity index (χ3v) is 4.12. The second kappa shape index (κ2) is 6.27. The number of pyridine rings is 1. The Morgan fingerprint density at radius 1 is 1.10 bits per heavy atom. The van der Waals surface area contributed by atoms with Gasteiger partial charge in [0, 0.05) is 37.8 Å². The first-order chi connectivity index (χ1) is 10.3.